The molecular formula is C16H23FNO2. The predicted octanol–water partition coefficient (Wildman–Crippen LogP) is 3.52. The van der Waals surface area contributed by atoms with Crippen LogP contribution in [0.2, 0.25) is 0 Å². The molecule has 0 bridgehead atoms. The lowest BCUT2D eigenvalue weighted by Gasteiger charge is -2.19. The topological polar surface area (TPSA) is 49.3 Å². The van der Waals surface area contributed by atoms with E-state index in [0.29, 0.717) is 19.4 Å². The molecule has 3 nitrogen and oxygen atoms in total. The first-order chi connectivity index (χ1) is 9.56. The standard InChI is InChI=1S/C16H23FNO2/c1-16(17,11-7-2-3-8-12-19)15(20)18-13-14-9-5-4-6-10-14/h4-6,9-10,12,19H,2-3,7-8,11,13H2,1H3,(H,18,20)/t16-/m0/s1. The van der Waals surface area contributed by atoms with E-state index in [0.717, 1.165) is 25.0 Å². The zero-order valence-electron chi connectivity index (χ0n) is 11.9. The van der Waals surface area contributed by atoms with E-state index in [2.05, 4.69) is 5.32 Å². The molecular weight excluding hydrogens is 257 g/mol. The zero-order valence-corrected chi connectivity index (χ0v) is 11.9. The molecule has 0 aliphatic heterocycles. The molecule has 1 atom stereocenters. The first-order valence-corrected chi connectivity index (χ1v) is 7.03. The number of unbranched alkanes of at least 4 members (excludes halogenated alkanes) is 3. The van der Waals surface area contributed by atoms with Gasteiger partial charge in [-0.15, -0.1) is 0 Å². The van der Waals surface area contributed by atoms with Crippen molar-refractivity contribution in [3.63, 3.8) is 0 Å². The average molecular weight is 280 g/mol. The summed E-state index contributed by atoms with van der Waals surface area (Å²) in [5.41, 5.74) is -0.882. The van der Waals surface area contributed by atoms with E-state index in [-0.39, 0.29) is 6.42 Å². The van der Waals surface area contributed by atoms with Gasteiger partial charge in [0.25, 0.3) is 5.91 Å². The molecule has 1 aromatic carbocycles. The van der Waals surface area contributed by atoms with E-state index in [1.54, 1.807) is 0 Å². The minimum atomic E-state index is -1.84. The number of hydrogen-bond acceptors (Lipinski definition) is 2. The van der Waals surface area contributed by atoms with Crippen LogP contribution in [-0.2, 0) is 11.3 Å². The molecule has 2 N–H and O–H groups in total. The number of amides is 1. The van der Waals surface area contributed by atoms with Crippen LogP contribution in [0.1, 0.15) is 44.6 Å². The van der Waals surface area contributed by atoms with Gasteiger partial charge in [-0.1, -0.05) is 43.2 Å². The van der Waals surface area contributed by atoms with Crippen LogP contribution in [0.15, 0.2) is 30.3 Å². The number of nitrogens with one attached hydrogen (secondary N) is 1. The largest absolute Gasteiger partial charge is 0.390 e. The smallest absolute Gasteiger partial charge is 0.257 e. The van der Waals surface area contributed by atoms with Gasteiger partial charge in [-0.3, -0.25) is 4.79 Å². The van der Waals surface area contributed by atoms with E-state index in [1.807, 2.05) is 30.3 Å². The van der Waals surface area contributed by atoms with Gasteiger partial charge in [-0.05, 0) is 31.7 Å². The Morgan fingerprint density at radius 3 is 2.65 bits per heavy atom. The number of aliphatic hydroxyl groups is 1. The third kappa shape index (κ3) is 6.15. The van der Waals surface area contributed by atoms with Crippen molar-refractivity contribution in [1.29, 1.82) is 0 Å². The lowest BCUT2D eigenvalue weighted by atomic mass is 9.98. The molecule has 1 amide bonds. The highest BCUT2D eigenvalue weighted by Crippen LogP contribution is 2.20. The quantitative estimate of drug-likeness (QED) is 0.680. The maximum atomic E-state index is 14.2. The van der Waals surface area contributed by atoms with Gasteiger partial charge < -0.3 is 10.4 Å². The van der Waals surface area contributed by atoms with E-state index in [9.17, 15) is 9.18 Å². The summed E-state index contributed by atoms with van der Waals surface area (Å²) in [6.45, 7) is 2.78. The van der Waals surface area contributed by atoms with Crippen molar-refractivity contribution in [3.8, 4) is 0 Å². The van der Waals surface area contributed by atoms with E-state index in [4.69, 9.17) is 5.11 Å². The number of halogens is 1. The molecule has 0 saturated heterocycles. The summed E-state index contributed by atoms with van der Waals surface area (Å²) in [4.78, 5) is 11.8. The first-order valence-electron chi connectivity index (χ1n) is 7.03. The Hall–Kier alpha value is -1.42. The average Bonchev–Trinajstić information content (AvgIpc) is 2.45. The summed E-state index contributed by atoms with van der Waals surface area (Å²) < 4.78 is 14.2. The zero-order chi connectivity index (χ0) is 14.8. The van der Waals surface area contributed by atoms with Crippen molar-refractivity contribution in [2.45, 2.75) is 51.2 Å². The van der Waals surface area contributed by atoms with Gasteiger partial charge in [0.2, 0.25) is 0 Å². The molecule has 0 aromatic heterocycles. The molecule has 0 aliphatic rings. The number of alkyl halides is 1. The fourth-order valence-corrected chi connectivity index (χ4v) is 1.95. The molecule has 1 aromatic rings. The van der Waals surface area contributed by atoms with Crippen molar-refractivity contribution >= 4 is 5.91 Å². The highest BCUT2D eigenvalue weighted by atomic mass is 19.1. The Bertz CT molecular complexity index is 393. The third-order valence-corrected chi connectivity index (χ3v) is 3.25. The Morgan fingerprint density at radius 2 is 2.00 bits per heavy atom. The second kappa shape index (κ2) is 8.69. The maximum absolute atomic E-state index is 14.2. The van der Waals surface area contributed by atoms with Crippen LogP contribution in [0.5, 0.6) is 0 Å². The Balaban J connectivity index is 2.29. The van der Waals surface area contributed by atoms with Crippen LogP contribution in [0.4, 0.5) is 4.39 Å². The SMILES string of the molecule is C[C@](F)(CCCCC[CH]O)C(=O)NCc1ccccc1. The van der Waals surface area contributed by atoms with Crippen LogP contribution in [0.25, 0.3) is 0 Å². The summed E-state index contributed by atoms with van der Waals surface area (Å²) in [5, 5.41) is 11.2. The van der Waals surface area contributed by atoms with Crippen molar-refractivity contribution in [2.75, 3.05) is 0 Å². The minimum absolute atomic E-state index is 0.207. The van der Waals surface area contributed by atoms with Gasteiger partial charge in [0.1, 0.15) is 0 Å². The highest BCUT2D eigenvalue weighted by Gasteiger charge is 2.31. The normalized spacial score (nSPS) is 13.8. The van der Waals surface area contributed by atoms with E-state index >= 15 is 0 Å². The molecule has 4 heteroatoms. The van der Waals surface area contributed by atoms with E-state index < -0.39 is 11.6 Å². The fraction of sp³-hybridized carbons (Fsp3) is 0.500. The number of hydrogen-bond donors (Lipinski definition) is 2. The lowest BCUT2D eigenvalue weighted by Crippen LogP contribution is -2.40. The van der Waals surface area contributed by atoms with Crippen LogP contribution >= 0.6 is 0 Å². The molecule has 0 fully saturated rings. The van der Waals surface area contributed by atoms with Gasteiger partial charge in [0.05, 0.1) is 6.61 Å². The van der Waals surface area contributed by atoms with Crippen LogP contribution < -0.4 is 5.32 Å². The number of rotatable bonds is 9. The fourth-order valence-electron chi connectivity index (χ4n) is 1.95. The number of benzene rings is 1. The minimum Gasteiger partial charge on any atom is -0.390 e. The molecule has 0 heterocycles. The molecule has 1 rings (SSSR count). The summed E-state index contributed by atoms with van der Waals surface area (Å²) >= 11 is 0. The lowest BCUT2D eigenvalue weighted by molar-refractivity contribution is -0.132. The number of aliphatic hydroxyl groups excluding tert-OH is 1. The molecule has 0 aliphatic carbocycles. The molecule has 0 unspecified atom stereocenters. The molecule has 20 heavy (non-hydrogen) atoms. The number of carbonyl (C=O) groups is 1. The summed E-state index contributed by atoms with van der Waals surface area (Å²) in [5.74, 6) is -0.560. The van der Waals surface area contributed by atoms with Crippen LogP contribution in [0, 0.1) is 6.61 Å². The van der Waals surface area contributed by atoms with Gasteiger partial charge in [0, 0.05) is 6.54 Å². The Kier molecular flexibility index (Phi) is 7.23. The molecule has 0 spiro atoms. The van der Waals surface area contributed by atoms with E-state index in [1.165, 1.54) is 6.92 Å². The Labute approximate surface area is 120 Å². The van der Waals surface area contributed by atoms with Crippen molar-refractivity contribution < 1.29 is 14.3 Å². The third-order valence-electron chi connectivity index (χ3n) is 3.25. The summed E-state index contributed by atoms with van der Waals surface area (Å²) in [6, 6.07) is 9.44. The van der Waals surface area contributed by atoms with Crippen molar-refractivity contribution in [1.82, 2.24) is 5.32 Å². The Morgan fingerprint density at radius 1 is 1.30 bits per heavy atom. The van der Waals surface area contributed by atoms with Crippen molar-refractivity contribution in [2.24, 2.45) is 0 Å². The van der Waals surface area contributed by atoms with Gasteiger partial charge in [0.15, 0.2) is 5.67 Å². The second-order valence-corrected chi connectivity index (χ2v) is 5.15. The van der Waals surface area contributed by atoms with Crippen molar-refractivity contribution in [3.05, 3.63) is 42.5 Å². The van der Waals surface area contributed by atoms with Crippen LogP contribution in [-0.4, -0.2) is 16.7 Å². The number of carbonyl (C=O) groups excluding carboxylic acids is 1. The molecule has 1 radical (unpaired) electrons. The second-order valence-electron chi connectivity index (χ2n) is 5.15. The molecule has 0 saturated carbocycles. The molecule has 111 valence electrons. The van der Waals surface area contributed by atoms with Gasteiger partial charge >= 0.3 is 0 Å². The summed E-state index contributed by atoms with van der Waals surface area (Å²) in [6.07, 6.45) is 3.09. The maximum Gasteiger partial charge on any atom is 0.257 e. The van der Waals surface area contributed by atoms with Gasteiger partial charge in [-0.2, -0.15) is 0 Å². The first kappa shape index (κ1) is 16.6. The van der Waals surface area contributed by atoms with Gasteiger partial charge in [-0.25, -0.2) is 4.39 Å². The highest BCUT2D eigenvalue weighted by molar-refractivity contribution is 5.84. The van der Waals surface area contributed by atoms with Crippen LogP contribution in [0.3, 0.4) is 0 Å². The predicted molar refractivity (Wildman–Crippen MR) is 77.1 cm³/mol. The summed E-state index contributed by atoms with van der Waals surface area (Å²) in [7, 11) is 0. The monoisotopic (exact) mass is 280 g/mol.